The van der Waals surface area contributed by atoms with Crippen molar-refractivity contribution in [1.29, 1.82) is 0 Å². The van der Waals surface area contributed by atoms with Crippen LogP contribution in [0.2, 0.25) is 0 Å². The summed E-state index contributed by atoms with van der Waals surface area (Å²) in [6.07, 6.45) is 0.777. The Hall–Kier alpha value is -2.87. The summed E-state index contributed by atoms with van der Waals surface area (Å²) in [5.74, 6) is 0.677. The molecule has 0 bridgehead atoms. The standard InChI is InChI=1S/C22H21BrN2O5/c23-17-13-20-19(28-10-11-29-20)12-16(17)14-30-22(27)7-6-21(26)25-9-8-18(24-25)15-4-2-1-3-5-15/h1-5,12-13H,6-11,14H2. The Kier molecular flexibility index (Phi) is 6.32. The van der Waals surface area contributed by atoms with Gasteiger partial charge >= 0.3 is 5.97 Å². The number of esters is 1. The molecule has 0 saturated carbocycles. The number of nitrogens with zero attached hydrogens (tertiary/aromatic N) is 2. The average molecular weight is 473 g/mol. The van der Waals surface area contributed by atoms with Gasteiger partial charge in [0.25, 0.3) is 0 Å². The van der Waals surface area contributed by atoms with Crippen LogP contribution >= 0.6 is 15.9 Å². The van der Waals surface area contributed by atoms with E-state index in [0.29, 0.717) is 37.7 Å². The Balaban J connectivity index is 1.26. The van der Waals surface area contributed by atoms with E-state index in [4.69, 9.17) is 14.2 Å². The molecule has 0 aromatic heterocycles. The predicted molar refractivity (Wildman–Crippen MR) is 113 cm³/mol. The van der Waals surface area contributed by atoms with Crippen molar-refractivity contribution in [3.63, 3.8) is 0 Å². The summed E-state index contributed by atoms with van der Waals surface area (Å²) in [4.78, 5) is 24.5. The lowest BCUT2D eigenvalue weighted by atomic mass is 10.1. The van der Waals surface area contributed by atoms with Gasteiger partial charge in [-0.3, -0.25) is 9.59 Å². The number of hydrogen-bond donors (Lipinski definition) is 0. The highest BCUT2D eigenvalue weighted by atomic mass is 79.9. The van der Waals surface area contributed by atoms with Gasteiger partial charge < -0.3 is 14.2 Å². The van der Waals surface area contributed by atoms with Gasteiger partial charge in [0.1, 0.15) is 19.8 Å². The van der Waals surface area contributed by atoms with Crippen molar-refractivity contribution in [2.75, 3.05) is 19.8 Å². The molecule has 2 aliphatic heterocycles. The summed E-state index contributed by atoms with van der Waals surface area (Å²) in [5, 5.41) is 5.84. The lowest BCUT2D eigenvalue weighted by Gasteiger charge is -2.20. The third kappa shape index (κ3) is 4.81. The van der Waals surface area contributed by atoms with E-state index >= 15 is 0 Å². The molecule has 30 heavy (non-hydrogen) atoms. The van der Waals surface area contributed by atoms with E-state index in [1.54, 1.807) is 12.1 Å². The molecule has 0 unspecified atom stereocenters. The number of amides is 1. The van der Waals surface area contributed by atoms with Gasteiger partial charge in [0.05, 0.1) is 18.7 Å². The van der Waals surface area contributed by atoms with Gasteiger partial charge in [0.2, 0.25) is 5.91 Å². The van der Waals surface area contributed by atoms with E-state index in [1.807, 2.05) is 30.3 Å². The Morgan fingerprint density at radius 3 is 2.57 bits per heavy atom. The first-order chi connectivity index (χ1) is 14.6. The molecular formula is C22H21BrN2O5. The SMILES string of the molecule is O=C(CCC(=O)N1CCC(c2ccccc2)=N1)OCc1cc2c(cc1Br)OCCO2. The molecule has 2 aromatic carbocycles. The maximum atomic E-state index is 12.4. The lowest BCUT2D eigenvalue weighted by Crippen LogP contribution is -2.24. The van der Waals surface area contributed by atoms with Crippen molar-refractivity contribution < 1.29 is 23.8 Å². The van der Waals surface area contributed by atoms with Crippen LogP contribution in [0.5, 0.6) is 11.5 Å². The number of ether oxygens (including phenoxy) is 3. The maximum absolute atomic E-state index is 12.4. The second-order valence-corrected chi connectivity index (χ2v) is 7.78. The third-order valence-corrected chi connectivity index (χ3v) is 5.58. The van der Waals surface area contributed by atoms with Crippen molar-refractivity contribution in [3.05, 3.63) is 58.1 Å². The monoisotopic (exact) mass is 472 g/mol. The number of rotatable bonds is 6. The van der Waals surface area contributed by atoms with E-state index in [2.05, 4.69) is 21.0 Å². The van der Waals surface area contributed by atoms with Crippen molar-refractivity contribution in [3.8, 4) is 11.5 Å². The predicted octanol–water partition coefficient (Wildman–Crippen LogP) is 3.68. The van der Waals surface area contributed by atoms with Crippen molar-refractivity contribution >= 4 is 33.5 Å². The minimum Gasteiger partial charge on any atom is -0.486 e. The highest BCUT2D eigenvalue weighted by molar-refractivity contribution is 9.10. The molecule has 0 N–H and O–H groups in total. The summed E-state index contributed by atoms with van der Waals surface area (Å²) < 4.78 is 17.2. The van der Waals surface area contributed by atoms with Gasteiger partial charge in [-0.1, -0.05) is 46.3 Å². The Bertz CT molecular complexity index is 977. The minimum absolute atomic E-state index is 0.00763. The lowest BCUT2D eigenvalue weighted by molar-refractivity contribution is -0.147. The molecule has 0 fully saturated rings. The molecule has 2 aromatic rings. The highest BCUT2D eigenvalue weighted by Crippen LogP contribution is 2.35. The van der Waals surface area contributed by atoms with Crippen molar-refractivity contribution in [2.24, 2.45) is 5.10 Å². The van der Waals surface area contributed by atoms with E-state index in [-0.39, 0.29) is 25.4 Å². The fourth-order valence-corrected chi connectivity index (χ4v) is 3.69. The quantitative estimate of drug-likeness (QED) is 0.599. The van der Waals surface area contributed by atoms with E-state index < -0.39 is 5.97 Å². The number of halogens is 1. The average Bonchev–Trinajstić information content (AvgIpc) is 3.27. The fourth-order valence-electron chi connectivity index (χ4n) is 3.26. The minimum atomic E-state index is -0.434. The van der Waals surface area contributed by atoms with E-state index in [0.717, 1.165) is 21.3 Å². The van der Waals surface area contributed by atoms with Gasteiger partial charge in [-0.05, 0) is 17.7 Å². The van der Waals surface area contributed by atoms with Gasteiger partial charge in [-0.2, -0.15) is 5.10 Å². The van der Waals surface area contributed by atoms with Crippen LogP contribution in [0.15, 0.2) is 52.0 Å². The van der Waals surface area contributed by atoms with Crippen LogP contribution in [-0.4, -0.2) is 42.4 Å². The van der Waals surface area contributed by atoms with Gasteiger partial charge in [0.15, 0.2) is 11.5 Å². The first-order valence-electron chi connectivity index (χ1n) is 9.77. The molecule has 0 spiro atoms. The van der Waals surface area contributed by atoms with Crippen LogP contribution in [0.4, 0.5) is 0 Å². The van der Waals surface area contributed by atoms with Crippen molar-refractivity contribution in [2.45, 2.75) is 25.9 Å². The number of fused-ring (bicyclic) bond motifs is 1. The molecule has 7 nitrogen and oxygen atoms in total. The zero-order valence-corrected chi connectivity index (χ0v) is 17.9. The molecular weight excluding hydrogens is 452 g/mol. The smallest absolute Gasteiger partial charge is 0.306 e. The maximum Gasteiger partial charge on any atom is 0.306 e. The fraction of sp³-hybridized carbons (Fsp3) is 0.318. The largest absolute Gasteiger partial charge is 0.486 e. The summed E-state index contributed by atoms with van der Waals surface area (Å²) >= 11 is 3.45. The zero-order chi connectivity index (χ0) is 20.9. The zero-order valence-electron chi connectivity index (χ0n) is 16.3. The molecule has 0 radical (unpaired) electrons. The number of carbonyl (C=O) groups excluding carboxylic acids is 2. The molecule has 0 atom stereocenters. The highest BCUT2D eigenvalue weighted by Gasteiger charge is 2.22. The molecule has 0 saturated heterocycles. The number of hydrazone groups is 1. The van der Waals surface area contributed by atoms with Crippen LogP contribution in [0, 0.1) is 0 Å². The Morgan fingerprint density at radius 2 is 1.80 bits per heavy atom. The normalized spacial score (nSPS) is 15.0. The van der Waals surface area contributed by atoms with Crippen LogP contribution in [0.25, 0.3) is 0 Å². The summed E-state index contributed by atoms with van der Waals surface area (Å²) in [7, 11) is 0. The Morgan fingerprint density at radius 1 is 1.07 bits per heavy atom. The number of hydrogen-bond acceptors (Lipinski definition) is 6. The molecule has 2 aliphatic rings. The third-order valence-electron chi connectivity index (χ3n) is 4.84. The van der Waals surface area contributed by atoms with E-state index in [9.17, 15) is 9.59 Å². The van der Waals surface area contributed by atoms with E-state index in [1.165, 1.54) is 5.01 Å². The van der Waals surface area contributed by atoms with Crippen LogP contribution in [0.1, 0.15) is 30.4 Å². The van der Waals surface area contributed by atoms with Gasteiger partial charge in [0, 0.05) is 22.9 Å². The number of benzene rings is 2. The van der Waals surface area contributed by atoms with Crippen molar-refractivity contribution in [1.82, 2.24) is 5.01 Å². The summed E-state index contributed by atoms with van der Waals surface area (Å²) in [6, 6.07) is 13.4. The molecule has 4 rings (SSSR count). The second kappa shape index (κ2) is 9.30. The molecule has 156 valence electrons. The summed E-state index contributed by atoms with van der Waals surface area (Å²) in [6.45, 7) is 1.61. The Labute approximate surface area is 182 Å². The van der Waals surface area contributed by atoms with Crippen LogP contribution < -0.4 is 9.47 Å². The number of carbonyl (C=O) groups is 2. The first-order valence-corrected chi connectivity index (χ1v) is 10.6. The first kappa shape index (κ1) is 20.4. The van der Waals surface area contributed by atoms with Gasteiger partial charge in [-0.15, -0.1) is 0 Å². The molecule has 8 heteroatoms. The topological polar surface area (TPSA) is 77.4 Å². The molecule has 0 aliphatic carbocycles. The van der Waals surface area contributed by atoms with Crippen LogP contribution in [0.3, 0.4) is 0 Å². The van der Waals surface area contributed by atoms with Crippen LogP contribution in [-0.2, 0) is 20.9 Å². The van der Waals surface area contributed by atoms with Gasteiger partial charge in [-0.25, -0.2) is 5.01 Å². The second-order valence-electron chi connectivity index (χ2n) is 6.93. The molecule has 1 amide bonds. The molecule has 2 heterocycles. The summed E-state index contributed by atoms with van der Waals surface area (Å²) in [5.41, 5.74) is 2.67.